The summed E-state index contributed by atoms with van der Waals surface area (Å²) in [6.07, 6.45) is 4.14. The number of fused-ring (bicyclic) bond motifs is 1. The molecule has 0 saturated carbocycles. The lowest BCUT2D eigenvalue weighted by Crippen LogP contribution is -2.35. The highest BCUT2D eigenvalue weighted by molar-refractivity contribution is 5.89. The van der Waals surface area contributed by atoms with Gasteiger partial charge in [-0.15, -0.1) is 0 Å². The van der Waals surface area contributed by atoms with Gasteiger partial charge in [-0.1, -0.05) is 12.1 Å². The second kappa shape index (κ2) is 8.34. The lowest BCUT2D eigenvalue weighted by molar-refractivity contribution is -0.114. The van der Waals surface area contributed by atoms with E-state index in [1.165, 1.54) is 18.1 Å². The van der Waals surface area contributed by atoms with Crippen molar-refractivity contribution in [1.82, 2.24) is 4.90 Å². The van der Waals surface area contributed by atoms with E-state index in [1.54, 1.807) is 18.2 Å². The van der Waals surface area contributed by atoms with Gasteiger partial charge in [-0.05, 0) is 91.6 Å². The van der Waals surface area contributed by atoms with Crippen molar-refractivity contribution in [3.63, 3.8) is 0 Å². The van der Waals surface area contributed by atoms with E-state index < -0.39 is 0 Å². The second-order valence-corrected chi connectivity index (χ2v) is 8.25. The topological polar surface area (TPSA) is 56.1 Å². The van der Waals surface area contributed by atoms with Gasteiger partial charge in [0.05, 0.1) is 11.6 Å². The van der Waals surface area contributed by atoms with E-state index in [-0.39, 0.29) is 11.7 Å². The fourth-order valence-electron chi connectivity index (χ4n) is 4.87. The fourth-order valence-corrected chi connectivity index (χ4v) is 4.87. The van der Waals surface area contributed by atoms with Crippen LogP contribution in [0.25, 0.3) is 0 Å². The number of halogens is 1. The Morgan fingerprint density at radius 2 is 1.93 bits per heavy atom. The molecular formula is C24H26FN3O. The predicted molar refractivity (Wildman–Crippen MR) is 111 cm³/mol. The lowest BCUT2D eigenvalue weighted by Gasteiger charge is -2.34. The van der Waals surface area contributed by atoms with Crippen molar-refractivity contribution in [1.29, 1.82) is 5.26 Å². The van der Waals surface area contributed by atoms with E-state index in [2.05, 4.69) is 22.4 Å². The molecule has 0 spiro atoms. The van der Waals surface area contributed by atoms with Crippen LogP contribution >= 0.6 is 0 Å². The van der Waals surface area contributed by atoms with Crippen LogP contribution in [0.5, 0.6) is 0 Å². The number of likely N-dealkylation sites (tertiary alicyclic amines) is 1. The van der Waals surface area contributed by atoms with Gasteiger partial charge >= 0.3 is 0 Å². The molecule has 1 aliphatic heterocycles. The van der Waals surface area contributed by atoms with Gasteiger partial charge in [0, 0.05) is 19.2 Å². The fraction of sp³-hybridized carbons (Fsp3) is 0.417. The molecule has 1 heterocycles. The van der Waals surface area contributed by atoms with Crippen LogP contribution in [0.4, 0.5) is 10.1 Å². The van der Waals surface area contributed by atoms with E-state index >= 15 is 0 Å². The third-order valence-corrected chi connectivity index (χ3v) is 6.32. The Balaban J connectivity index is 1.43. The summed E-state index contributed by atoms with van der Waals surface area (Å²) in [7, 11) is 0. The maximum absolute atomic E-state index is 13.2. The number of piperidine rings is 1. The number of hydrogen-bond donors (Lipinski definition) is 1. The van der Waals surface area contributed by atoms with Crippen molar-refractivity contribution in [3.8, 4) is 6.07 Å². The zero-order chi connectivity index (χ0) is 20.4. The Morgan fingerprint density at radius 1 is 1.21 bits per heavy atom. The van der Waals surface area contributed by atoms with Gasteiger partial charge in [0.25, 0.3) is 0 Å². The third-order valence-electron chi connectivity index (χ3n) is 6.32. The molecule has 1 saturated heterocycles. The van der Waals surface area contributed by atoms with Gasteiger partial charge in [-0.3, -0.25) is 4.79 Å². The lowest BCUT2D eigenvalue weighted by atomic mass is 9.88. The quantitative estimate of drug-likeness (QED) is 0.831. The van der Waals surface area contributed by atoms with Crippen molar-refractivity contribution in [3.05, 3.63) is 64.5 Å². The number of nitrogens with one attached hydrogen (secondary N) is 1. The first-order chi connectivity index (χ1) is 14.0. The number of carbonyl (C=O) groups is 1. The molecule has 1 amide bonds. The van der Waals surface area contributed by atoms with Gasteiger partial charge in [0.15, 0.2) is 0 Å². The largest absolute Gasteiger partial charge is 0.326 e. The van der Waals surface area contributed by atoms with Gasteiger partial charge < -0.3 is 10.2 Å². The van der Waals surface area contributed by atoms with E-state index in [0.29, 0.717) is 17.4 Å². The molecule has 0 aromatic heterocycles. The van der Waals surface area contributed by atoms with E-state index in [9.17, 15) is 14.4 Å². The monoisotopic (exact) mass is 391 g/mol. The van der Waals surface area contributed by atoms with Crippen LogP contribution in [0.15, 0.2) is 36.4 Å². The van der Waals surface area contributed by atoms with Crippen molar-refractivity contribution in [2.45, 2.75) is 44.4 Å². The highest BCUT2D eigenvalue weighted by atomic mass is 19.1. The SMILES string of the molecule is CC(=O)Nc1cc(C#N)c2c(c1)C(CN1CCC(c3ccc(F)cc3)CC1)CC2. The molecule has 1 N–H and O–H groups in total. The van der Waals surface area contributed by atoms with E-state index in [4.69, 9.17) is 0 Å². The highest BCUT2D eigenvalue weighted by Gasteiger charge is 2.29. The predicted octanol–water partition coefficient (Wildman–Crippen LogP) is 4.57. The standard InChI is InChI=1S/C24H26FN3O/c1-16(29)27-22-12-20(14-26)23-7-4-19(24(23)13-22)15-28-10-8-18(9-11-28)17-2-5-21(25)6-3-17/h2-3,5-6,12-13,18-19H,4,7-11,15H2,1H3,(H,27,29). The maximum atomic E-state index is 13.2. The summed E-state index contributed by atoms with van der Waals surface area (Å²) in [5, 5.41) is 12.4. The van der Waals surface area contributed by atoms with E-state index in [1.807, 2.05) is 12.1 Å². The number of nitrogens with zero attached hydrogens (tertiary/aromatic N) is 2. The van der Waals surface area contributed by atoms with Crippen molar-refractivity contribution in [2.75, 3.05) is 25.0 Å². The molecule has 29 heavy (non-hydrogen) atoms. The number of rotatable bonds is 4. The average Bonchev–Trinajstić information content (AvgIpc) is 3.11. The summed E-state index contributed by atoms with van der Waals surface area (Å²) in [5.41, 5.74) is 5.00. The number of hydrogen-bond acceptors (Lipinski definition) is 3. The van der Waals surface area contributed by atoms with Gasteiger partial charge in [-0.25, -0.2) is 4.39 Å². The summed E-state index contributed by atoms with van der Waals surface area (Å²) < 4.78 is 13.2. The highest BCUT2D eigenvalue weighted by Crippen LogP contribution is 2.38. The zero-order valence-electron chi connectivity index (χ0n) is 16.7. The first kappa shape index (κ1) is 19.6. The molecule has 1 aliphatic carbocycles. The van der Waals surface area contributed by atoms with Crippen molar-refractivity contribution < 1.29 is 9.18 Å². The first-order valence-corrected chi connectivity index (χ1v) is 10.4. The Bertz CT molecular complexity index is 940. The molecule has 2 aromatic rings. The third kappa shape index (κ3) is 4.33. The minimum absolute atomic E-state index is 0.119. The molecule has 4 rings (SSSR count). The summed E-state index contributed by atoms with van der Waals surface area (Å²) >= 11 is 0. The van der Waals surface area contributed by atoms with Crippen LogP contribution in [0.3, 0.4) is 0 Å². The second-order valence-electron chi connectivity index (χ2n) is 8.25. The van der Waals surface area contributed by atoms with Crippen LogP contribution in [-0.4, -0.2) is 30.4 Å². The first-order valence-electron chi connectivity index (χ1n) is 10.4. The molecule has 0 radical (unpaired) electrons. The number of carbonyl (C=O) groups excluding carboxylic acids is 1. The molecule has 4 nitrogen and oxygen atoms in total. The normalized spacial score (nSPS) is 19.6. The number of benzene rings is 2. The summed E-state index contributed by atoms with van der Waals surface area (Å²) in [6.45, 7) is 4.54. The van der Waals surface area contributed by atoms with Gasteiger partial charge in [0.2, 0.25) is 5.91 Å². The number of nitriles is 1. The van der Waals surface area contributed by atoms with Crippen LogP contribution in [-0.2, 0) is 11.2 Å². The van der Waals surface area contributed by atoms with Gasteiger partial charge in [-0.2, -0.15) is 5.26 Å². The molecule has 1 unspecified atom stereocenters. The Labute approximate surface area is 171 Å². The average molecular weight is 391 g/mol. The molecule has 2 aliphatic rings. The van der Waals surface area contributed by atoms with Gasteiger partial charge in [0.1, 0.15) is 5.82 Å². The van der Waals surface area contributed by atoms with Crippen LogP contribution in [0.2, 0.25) is 0 Å². The van der Waals surface area contributed by atoms with Crippen molar-refractivity contribution in [2.24, 2.45) is 0 Å². The summed E-state index contributed by atoms with van der Waals surface area (Å²) in [4.78, 5) is 14.0. The minimum atomic E-state index is -0.179. The summed E-state index contributed by atoms with van der Waals surface area (Å²) in [5.74, 6) is 0.597. The molecule has 0 bridgehead atoms. The molecule has 1 fully saturated rings. The number of amides is 1. The van der Waals surface area contributed by atoms with Crippen molar-refractivity contribution >= 4 is 11.6 Å². The molecule has 5 heteroatoms. The maximum Gasteiger partial charge on any atom is 0.221 e. The molecular weight excluding hydrogens is 365 g/mol. The number of anilines is 1. The zero-order valence-corrected chi connectivity index (χ0v) is 16.7. The van der Waals surface area contributed by atoms with Crippen LogP contribution < -0.4 is 5.32 Å². The Kier molecular flexibility index (Phi) is 5.64. The Hall–Kier alpha value is -2.71. The summed E-state index contributed by atoms with van der Waals surface area (Å²) in [6, 6.07) is 13.1. The van der Waals surface area contributed by atoms with E-state index in [0.717, 1.165) is 56.6 Å². The molecule has 150 valence electrons. The minimum Gasteiger partial charge on any atom is -0.326 e. The molecule has 2 aromatic carbocycles. The Morgan fingerprint density at radius 3 is 2.59 bits per heavy atom. The molecule has 1 atom stereocenters. The smallest absolute Gasteiger partial charge is 0.221 e. The van der Waals surface area contributed by atoms with Crippen LogP contribution in [0.1, 0.15) is 60.3 Å². The van der Waals surface area contributed by atoms with Crippen LogP contribution in [0, 0.1) is 17.1 Å².